The summed E-state index contributed by atoms with van der Waals surface area (Å²) < 4.78 is 0. The van der Waals surface area contributed by atoms with Crippen molar-refractivity contribution in [1.29, 1.82) is 0 Å². The van der Waals surface area contributed by atoms with Crippen molar-refractivity contribution in [3.8, 4) is 0 Å². The van der Waals surface area contributed by atoms with Gasteiger partial charge < -0.3 is 15.6 Å². The van der Waals surface area contributed by atoms with E-state index in [1.807, 2.05) is 36.5 Å². The van der Waals surface area contributed by atoms with Crippen molar-refractivity contribution >= 4 is 46.0 Å². The molecule has 2 aromatic carbocycles. The molecule has 1 fully saturated rings. The third-order valence-electron chi connectivity index (χ3n) is 5.16. The molecule has 0 saturated carbocycles. The lowest BCUT2D eigenvalue weighted by atomic mass is 10.1. The van der Waals surface area contributed by atoms with Gasteiger partial charge in [-0.1, -0.05) is 29.8 Å². The molecule has 4 amide bonds. The fourth-order valence-electron chi connectivity index (χ4n) is 3.59. The number of rotatable bonds is 7. The van der Waals surface area contributed by atoms with E-state index in [4.69, 9.17) is 11.6 Å². The van der Waals surface area contributed by atoms with Crippen molar-refractivity contribution < 1.29 is 14.4 Å². The van der Waals surface area contributed by atoms with Crippen LogP contribution in [-0.2, 0) is 16.0 Å². The number of halogens is 1. The van der Waals surface area contributed by atoms with Crippen LogP contribution in [0.15, 0.2) is 54.7 Å². The van der Waals surface area contributed by atoms with Crippen LogP contribution in [0.5, 0.6) is 0 Å². The van der Waals surface area contributed by atoms with E-state index in [1.165, 1.54) is 4.90 Å². The summed E-state index contributed by atoms with van der Waals surface area (Å²) in [5.74, 6) is -0.497. The van der Waals surface area contributed by atoms with Crippen molar-refractivity contribution in [3.05, 3.63) is 65.3 Å². The Labute approximate surface area is 178 Å². The van der Waals surface area contributed by atoms with Gasteiger partial charge in [-0.2, -0.15) is 0 Å². The summed E-state index contributed by atoms with van der Waals surface area (Å²) >= 11 is 6.08. The molecule has 3 aromatic rings. The van der Waals surface area contributed by atoms with Crippen molar-refractivity contribution in [1.82, 2.24) is 15.2 Å². The molecule has 3 N–H and O–H groups in total. The van der Waals surface area contributed by atoms with Gasteiger partial charge in [0.1, 0.15) is 6.04 Å². The number of aromatic amines is 1. The van der Waals surface area contributed by atoms with Gasteiger partial charge in [-0.3, -0.25) is 14.5 Å². The van der Waals surface area contributed by atoms with Gasteiger partial charge in [0, 0.05) is 40.8 Å². The minimum absolute atomic E-state index is 0.139. The lowest BCUT2D eigenvalue weighted by molar-refractivity contribution is -0.127. The number of imide groups is 1. The van der Waals surface area contributed by atoms with E-state index in [2.05, 4.69) is 15.6 Å². The first-order valence-electron chi connectivity index (χ1n) is 9.73. The van der Waals surface area contributed by atoms with Crippen LogP contribution < -0.4 is 10.6 Å². The molecular formula is C22H21ClN4O3. The van der Waals surface area contributed by atoms with Gasteiger partial charge in [-0.25, -0.2) is 4.79 Å². The van der Waals surface area contributed by atoms with Crippen molar-refractivity contribution in [3.63, 3.8) is 0 Å². The number of urea groups is 1. The van der Waals surface area contributed by atoms with Crippen LogP contribution in [0.4, 0.5) is 10.5 Å². The van der Waals surface area contributed by atoms with E-state index >= 15 is 0 Å². The predicted molar refractivity (Wildman–Crippen MR) is 115 cm³/mol. The zero-order valence-electron chi connectivity index (χ0n) is 16.2. The van der Waals surface area contributed by atoms with Gasteiger partial charge in [0.15, 0.2) is 0 Å². The van der Waals surface area contributed by atoms with Gasteiger partial charge >= 0.3 is 6.03 Å². The molecule has 30 heavy (non-hydrogen) atoms. The highest BCUT2D eigenvalue weighted by atomic mass is 35.5. The van der Waals surface area contributed by atoms with E-state index in [9.17, 15) is 14.4 Å². The Morgan fingerprint density at radius 1 is 1.13 bits per heavy atom. The second kappa shape index (κ2) is 8.59. The molecule has 1 aliphatic rings. The number of carbonyl (C=O) groups is 3. The molecule has 4 rings (SSSR count). The average molecular weight is 425 g/mol. The highest BCUT2D eigenvalue weighted by molar-refractivity contribution is 6.31. The van der Waals surface area contributed by atoms with Crippen LogP contribution in [0.25, 0.3) is 10.9 Å². The molecule has 1 aromatic heterocycles. The quantitative estimate of drug-likeness (QED) is 0.505. The first-order chi connectivity index (χ1) is 14.5. The lowest BCUT2D eigenvalue weighted by Gasteiger charge is -2.13. The predicted octanol–water partition coefficient (Wildman–Crippen LogP) is 3.70. The Hall–Kier alpha value is -3.32. The molecule has 1 atom stereocenters. The van der Waals surface area contributed by atoms with Gasteiger partial charge in [-0.15, -0.1) is 0 Å². The van der Waals surface area contributed by atoms with E-state index in [0.29, 0.717) is 17.1 Å². The standard InChI is InChI=1S/C22H21ClN4O3/c23-15-6-7-18-17(12-15)14(13-24-18)10-11-27-21(29)19(26-22(27)30)8-9-20(28)25-16-4-2-1-3-5-16/h1-7,12-13,19,24H,8-11H2,(H,25,28)(H,26,30). The van der Waals surface area contributed by atoms with E-state index in [-0.39, 0.29) is 31.2 Å². The summed E-state index contributed by atoms with van der Waals surface area (Å²) in [5, 5.41) is 7.06. The number of H-pyrrole nitrogens is 1. The summed E-state index contributed by atoms with van der Waals surface area (Å²) in [4.78, 5) is 41.4. The maximum Gasteiger partial charge on any atom is 0.324 e. The highest BCUT2D eigenvalue weighted by Gasteiger charge is 2.37. The molecule has 0 radical (unpaired) electrons. The Morgan fingerprint density at radius 3 is 2.73 bits per heavy atom. The Bertz CT molecular complexity index is 1100. The van der Waals surface area contributed by atoms with Crippen LogP contribution in [0.2, 0.25) is 5.02 Å². The zero-order valence-corrected chi connectivity index (χ0v) is 16.9. The van der Waals surface area contributed by atoms with E-state index in [1.54, 1.807) is 18.2 Å². The topological polar surface area (TPSA) is 94.3 Å². The number of anilines is 1. The summed E-state index contributed by atoms with van der Waals surface area (Å²) in [6.07, 6.45) is 2.77. The molecule has 0 spiro atoms. The molecule has 1 saturated heterocycles. The number of hydrogen-bond acceptors (Lipinski definition) is 3. The largest absolute Gasteiger partial charge is 0.361 e. The number of benzene rings is 2. The van der Waals surface area contributed by atoms with Gasteiger partial charge in [-0.05, 0) is 48.7 Å². The molecule has 8 heteroatoms. The van der Waals surface area contributed by atoms with Gasteiger partial charge in [0.05, 0.1) is 0 Å². The molecule has 7 nitrogen and oxygen atoms in total. The average Bonchev–Trinajstić information content (AvgIpc) is 3.25. The second-order valence-corrected chi connectivity index (χ2v) is 7.64. The maximum absolute atomic E-state index is 12.6. The van der Waals surface area contributed by atoms with Crippen LogP contribution >= 0.6 is 11.6 Å². The van der Waals surface area contributed by atoms with Gasteiger partial charge in [0.2, 0.25) is 5.91 Å². The fourth-order valence-corrected chi connectivity index (χ4v) is 3.77. The molecule has 2 heterocycles. The van der Waals surface area contributed by atoms with Crippen LogP contribution in [-0.4, -0.2) is 40.3 Å². The Balaban J connectivity index is 1.32. The number of nitrogens with one attached hydrogen (secondary N) is 3. The minimum Gasteiger partial charge on any atom is -0.361 e. The summed E-state index contributed by atoms with van der Waals surface area (Å²) in [7, 11) is 0. The Morgan fingerprint density at radius 2 is 1.93 bits per heavy atom. The van der Waals surface area contributed by atoms with Crippen LogP contribution in [0.1, 0.15) is 18.4 Å². The zero-order chi connectivity index (χ0) is 21.1. The second-order valence-electron chi connectivity index (χ2n) is 7.20. The fraction of sp³-hybridized carbons (Fsp3) is 0.227. The SMILES string of the molecule is O=C(CCC1NC(=O)N(CCc2c[nH]c3ccc(Cl)cc23)C1=O)Nc1ccccc1. The normalized spacial score (nSPS) is 16.2. The number of carbonyl (C=O) groups excluding carboxylic acids is 3. The lowest BCUT2D eigenvalue weighted by Crippen LogP contribution is -2.33. The monoisotopic (exact) mass is 424 g/mol. The number of aromatic nitrogens is 1. The third-order valence-corrected chi connectivity index (χ3v) is 5.39. The van der Waals surface area contributed by atoms with Crippen LogP contribution in [0.3, 0.4) is 0 Å². The van der Waals surface area contributed by atoms with Crippen molar-refractivity contribution in [2.45, 2.75) is 25.3 Å². The first-order valence-corrected chi connectivity index (χ1v) is 10.1. The Kier molecular flexibility index (Phi) is 5.72. The van der Waals surface area contributed by atoms with Crippen LogP contribution in [0, 0.1) is 0 Å². The third kappa shape index (κ3) is 4.31. The molecule has 0 bridgehead atoms. The van der Waals surface area contributed by atoms with E-state index in [0.717, 1.165) is 16.5 Å². The van der Waals surface area contributed by atoms with Crippen molar-refractivity contribution in [2.75, 3.05) is 11.9 Å². The number of para-hydroxylation sites is 1. The number of amides is 4. The summed E-state index contributed by atoms with van der Waals surface area (Å²) in [6.45, 7) is 0.261. The first kappa shape index (κ1) is 20.0. The smallest absolute Gasteiger partial charge is 0.324 e. The molecular weight excluding hydrogens is 404 g/mol. The highest BCUT2D eigenvalue weighted by Crippen LogP contribution is 2.23. The van der Waals surface area contributed by atoms with E-state index < -0.39 is 12.1 Å². The minimum atomic E-state index is -0.684. The summed E-state index contributed by atoms with van der Waals surface area (Å²) in [5.41, 5.74) is 2.64. The molecule has 0 aliphatic carbocycles. The number of nitrogens with zero attached hydrogens (tertiary/aromatic N) is 1. The van der Waals surface area contributed by atoms with Crippen molar-refractivity contribution in [2.24, 2.45) is 0 Å². The maximum atomic E-state index is 12.6. The molecule has 1 aliphatic heterocycles. The number of fused-ring (bicyclic) bond motifs is 1. The summed E-state index contributed by atoms with van der Waals surface area (Å²) in [6, 6.07) is 13.6. The number of hydrogen-bond donors (Lipinski definition) is 3. The molecule has 154 valence electrons. The molecule has 1 unspecified atom stereocenters. The van der Waals surface area contributed by atoms with Gasteiger partial charge in [0.25, 0.3) is 5.91 Å².